The highest BCUT2D eigenvalue weighted by atomic mass is 35.5. The summed E-state index contributed by atoms with van der Waals surface area (Å²) in [6, 6.07) is 6.99. The van der Waals surface area contributed by atoms with Crippen molar-refractivity contribution in [3.8, 4) is 5.69 Å². The van der Waals surface area contributed by atoms with Gasteiger partial charge < -0.3 is 15.0 Å². The second kappa shape index (κ2) is 9.80. The first-order chi connectivity index (χ1) is 15.9. The highest BCUT2D eigenvalue weighted by Crippen LogP contribution is 2.26. The molecule has 0 amide bonds. The summed E-state index contributed by atoms with van der Waals surface area (Å²) in [5.74, 6) is -0.159. The van der Waals surface area contributed by atoms with Crippen molar-refractivity contribution in [3.05, 3.63) is 64.2 Å². The van der Waals surface area contributed by atoms with Crippen LogP contribution < -0.4 is 15.8 Å². The van der Waals surface area contributed by atoms with Crippen LogP contribution in [-0.4, -0.2) is 51.7 Å². The Hall–Kier alpha value is -3.11. The number of nitrogens with zero attached hydrogens (tertiary/aromatic N) is 5. The molecule has 3 heterocycles. The Bertz CT molecular complexity index is 1150. The van der Waals surface area contributed by atoms with Crippen molar-refractivity contribution in [2.75, 3.05) is 36.5 Å². The topological polar surface area (TPSA) is 85.2 Å². The largest absolute Gasteiger partial charge is 0.379 e. The fraction of sp³-hybridized carbons (Fsp3) is 0.364. The molecule has 0 aliphatic carbocycles. The van der Waals surface area contributed by atoms with Crippen molar-refractivity contribution in [3.63, 3.8) is 0 Å². The molecule has 4 rings (SSSR count). The van der Waals surface area contributed by atoms with E-state index in [9.17, 15) is 13.6 Å². The number of rotatable bonds is 7. The van der Waals surface area contributed by atoms with Crippen LogP contribution in [0.4, 0.5) is 26.0 Å². The van der Waals surface area contributed by atoms with Crippen molar-refractivity contribution in [1.82, 2.24) is 19.7 Å². The Morgan fingerprint density at radius 1 is 1.24 bits per heavy atom. The van der Waals surface area contributed by atoms with Gasteiger partial charge in [-0.1, -0.05) is 11.6 Å². The van der Waals surface area contributed by atoms with E-state index in [1.807, 2.05) is 11.8 Å². The van der Waals surface area contributed by atoms with Crippen LogP contribution in [0.25, 0.3) is 5.69 Å². The molecule has 11 heteroatoms. The third kappa shape index (κ3) is 5.12. The zero-order valence-electron chi connectivity index (χ0n) is 18.0. The average Bonchev–Trinajstić information content (AvgIpc) is 2.83. The summed E-state index contributed by atoms with van der Waals surface area (Å²) in [7, 11) is 0. The Morgan fingerprint density at radius 3 is 2.67 bits per heavy atom. The lowest BCUT2D eigenvalue weighted by molar-refractivity contribution is -0.0234. The summed E-state index contributed by atoms with van der Waals surface area (Å²) in [4.78, 5) is 22.3. The van der Waals surface area contributed by atoms with Crippen molar-refractivity contribution in [2.24, 2.45) is 0 Å². The number of hydrogen-bond acceptors (Lipinski definition) is 7. The Balaban J connectivity index is 1.52. The second-order valence-electron chi connectivity index (χ2n) is 7.71. The zero-order valence-corrected chi connectivity index (χ0v) is 18.7. The third-order valence-electron chi connectivity index (χ3n) is 5.39. The van der Waals surface area contributed by atoms with E-state index >= 15 is 0 Å². The van der Waals surface area contributed by atoms with Crippen LogP contribution in [-0.2, 0) is 4.74 Å². The maximum absolute atomic E-state index is 14.7. The molecule has 1 N–H and O–H groups in total. The van der Waals surface area contributed by atoms with Crippen LogP contribution in [0.3, 0.4) is 0 Å². The van der Waals surface area contributed by atoms with Gasteiger partial charge in [0, 0.05) is 18.8 Å². The van der Waals surface area contributed by atoms with Gasteiger partial charge in [0.15, 0.2) is 11.5 Å². The number of ether oxygens (including phenoxy) is 1. The normalized spacial score (nSPS) is 18.2. The summed E-state index contributed by atoms with van der Waals surface area (Å²) in [6.07, 6.45) is 4.83. The molecule has 0 bridgehead atoms. The lowest BCUT2D eigenvalue weighted by Gasteiger charge is -2.29. The molecule has 0 radical (unpaired) electrons. The lowest BCUT2D eigenvalue weighted by atomic mass is 9.99. The molecule has 1 atom stereocenters. The summed E-state index contributed by atoms with van der Waals surface area (Å²) in [5.41, 5.74) is -0.487. The van der Waals surface area contributed by atoms with Crippen LogP contribution in [0.5, 0.6) is 0 Å². The van der Waals surface area contributed by atoms with Gasteiger partial charge in [-0.05, 0) is 44.0 Å². The van der Waals surface area contributed by atoms with Gasteiger partial charge in [0.2, 0.25) is 5.95 Å². The zero-order chi connectivity index (χ0) is 23.4. The molecule has 1 aromatic carbocycles. The van der Waals surface area contributed by atoms with Gasteiger partial charge in [-0.25, -0.2) is 14.4 Å². The number of halogens is 3. The predicted molar refractivity (Wildman–Crippen MR) is 122 cm³/mol. The molecule has 33 heavy (non-hydrogen) atoms. The Kier molecular flexibility index (Phi) is 6.85. The molecular weight excluding hydrogens is 454 g/mol. The van der Waals surface area contributed by atoms with Crippen molar-refractivity contribution >= 4 is 28.8 Å². The van der Waals surface area contributed by atoms with Gasteiger partial charge >= 0.3 is 0 Å². The van der Waals surface area contributed by atoms with Crippen LogP contribution in [0.1, 0.15) is 19.8 Å². The van der Waals surface area contributed by atoms with E-state index in [1.54, 1.807) is 24.3 Å². The molecule has 8 nitrogen and oxygen atoms in total. The molecule has 174 valence electrons. The van der Waals surface area contributed by atoms with Crippen molar-refractivity contribution < 1.29 is 13.5 Å². The average molecular weight is 477 g/mol. The fourth-order valence-electron chi connectivity index (χ4n) is 3.65. The van der Waals surface area contributed by atoms with Gasteiger partial charge in [-0.2, -0.15) is 14.2 Å². The first-order valence-electron chi connectivity index (χ1n) is 10.5. The van der Waals surface area contributed by atoms with Gasteiger partial charge in [0.1, 0.15) is 5.02 Å². The second-order valence-corrected chi connectivity index (χ2v) is 8.09. The van der Waals surface area contributed by atoms with Gasteiger partial charge in [0.05, 0.1) is 43.1 Å². The summed E-state index contributed by atoms with van der Waals surface area (Å²) in [5, 5.41) is 6.99. The predicted octanol–water partition coefficient (Wildman–Crippen LogP) is 3.90. The van der Waals surface area contributed by atoms with Crippen LogP contribution in [0.15, 0.2) is 47.7 Å². The summed E-state index contributed by atoms with van der Waals surface area (Å²) < 4.78 is 34.2. The molecule has 1 aliphatic rings. The molecule has 1 fully saturated rings. The Labute approximate surface area is 194 Å². The van der Waals surface area contributed by atoms with Gasteiger partial charge in [0.25, 0.3) is 5.56 Å². The van der Waals surface area contributed by atoms with Crippen molar-refractivity contribution in [2.45, 2.75) is 25.4 Å². The number of aromatic nitrogens is 4. The third-order valence-corrected chi connectivity index (χ3v) is 5.76. The molecule has 3 aromatic rings. The highest BCUT2D eigenvalue weighted by Gasteiger charge is 2.32. The first kappa shape index (κ1) is 23.1. The van der Waals surface area contributed by atoms with Gasteiger partial charge in [-0.3, -0.25) is 4.79 Å². The van der Waals surface area contributed by atoms with E-state index in [-0.39, 0.29) is 23.9 Å². The standard InChI is InChI=1S/C22H23ClF2N6O2/c1-2-30(19-12-26-18(24)11-27-19)15-4-6-16(7-5-15)31-21(32)20(23)17(10-29-31)28-13-22(25)8-3-9-33-14-22/h4-7,10-12,28H,2-3,8-9,13-14H2,1H3/t22-/m0/s1. The van der Waals surface area contributed by atoms with Gasteiger partial charge in [-0.15, -0.1) is 0 Å². The van der Waals surface area contributed by atoms with Crippen LogP contribution in [0, 0.1) is 5.95 Å². The molecule has 0 spiro atoms. The highest BCUT2D eigenvalue weighted by molar-refractivity contribution is 6.32. The SMILES string of the molecule is CCN(c1ccc(-n2ncc(NC[C@@]3(F)CCCOC3)c(Cl)c2=O)cc1)c1cnc(F)cn1. The minimum atomic E-state index is -1.51. The summed E-state index contributed by atoms with van der Waals surface area (Å²) >= 11 is 6.26. The first-order valence-corrected chi connectivity index (χ1v) is 10.9. The minimum absolute atomic E-state index is 0.00669. The number of benzene rings is 1. The Morgan fingerprint density at radius 2 is 2.03 bits per heavy atom. The van der Waals surface area contributed by atoms with E-state index in [0.717, 1.165) is 11.9 Å². The maximum Gasteiger partial charge on any atom is 0.292 e. The molecule has 0 unspecified atom stereocenters. The minimum Gasteiger partial charge on any atom is -0.379 e. The van der Waals surface area contributed by atoms with E-state index in [4.69, 9.17) is 16.3 Å². The van der Waals surface area contributed by atoms with E-state index in [1.165, 1.54) is 17.1 Å². The molecule has 1 aliphatic heterocycles. The molecule has 2 aromatic heterocycles. The van der Waals surface area contributed by atoms with Crippen LogP contribution in [0.2, 0.25) is 5.02 Å². The van der Waals surface area contributed by atoms with E-state index < -0.39 is 17.2 Å². The smallest absolute Gasteiger partial charge is 0.292 e. The summed E-state index contributed by atoms with van der Waals surface area (Å²) in [6.45, 7) is 3.04. The quantitative estimate of drug-likeness (QED) is 0.553. The number of hydrogen-bond donors (Lipinski definition) is 1. The molecule has 0 saturated carbocycles. The van der Waals surface area contributed by atoms with E-state index in [2.05, 4.69) is 20.4 Å². The lowest BCUT2D eigenvalue weighted by Crippen LogP contribution is -2.40. The number of nitrogens with one attached hydrogen (secondary N) is 1. The van der Waals surface area contributed by atoms with Crippen molar-refractivity contribution in [1.29, 1.82) is 0 Å². The van der Waals surface area contributed by atoms with Crippen LogP contribution >= 0.6 is 11.6 Å². The number of anilines is 3. The van der Waals surface area contributed by atoms with E-state index in [0.29, 0.717) is 37.5 Å². The molecular formula is C22H23ClF2N6O2. The maximum atomic E-state index is 14.7. The fourth-order valence-corrected chi connectivity index (χ4v) is 3.84. The molecule has 1 saturated heterocycles. The monoisotopic (exact) mass is 476 g/mol. The number of alkyl halides is 1.